The lowest BCUT2D eigenvalue weighted by atomic mass is 10.3. The van der Waals surface area contributed by atoms with Crippen LogP contribution in [0.3, 0.4) is 0 Å². The molecule has 0 aliphatic heterocycles. The maximum atomic E-state index is 12.1. The normalized spacial score (nSPS) is 10.7. The number of carbonyl (C=O) groups is 1. The number of amides is 1. The van der Waals surface area contributed by atoms with Crippen molar-refractivity contribution in [3.05, 3.63) is 33.3 Å². The van der Waals surface area contributed by atoms with E-state index < -0.39 is 0 Å². The molecule has 0 fully saturated rings. The molecule has 0 aliphatic rings. The minimum absolute atomic E-state index is 0.279. The van der Waals surface area contributed by atoms with E-state index in [1.54, 1.807) is 7.05 Å². The molecule has 2 aromatic rings. The number of aromatic nitrogens is 3. The van der Waals surface area contributed by atoms with Gasteiger partial charge in [-0.2, -0.15) is 5.10 Å². The summed E-state index contributed by atoms with van der Waals surface area (Å²) in [4.78, 5) is 12.1. The van der Waals surface area contributed by atoms with Gasteiger partial charge >= 0.3 is 0 Å². The fourth-order valence-electron chi connectivity index (χ4n) is 1.67. The van der Waals surface area contributed by atoms with Crippen molar-refractivity contribution in [1.29, 1.82) is 0 Å². The Labute approximate surface area is 114 Å². The zero-order valence-corrected chi connectivity index (χ0v) is 11.6. The summed E-state index contributed by atoms with van der Waals surface area (Å²) in [6, 6.07) is 1.53. The largest absolute Gasteiger partial charge is 0.329 e. The number of nitrogens with one attached hydrogen (secondary N) is 2. The first-order valence-electron chi connectivity index (χ1n) is 5.25. The monoisotopic (exact) mass is 286 g/mol. The van der Waals surface area contributed by atoms with Gasteiger partial charge in [-0.15, -0.1) is 0 Å². The third-order valence-electron chi connectivity index (χ3n) is 2.72. The second kappa shape index (κ2) is 4.66. The average molecular weight is 287 g/mol. The van der Waals surface area contributed by atoms with Crippen LogP contribution in [0.2, 0.25) is 10.2 Å². The molecule has 2 aromatic heterocycles. The Kier molecular flexibility index (Phi) is 3.36. The highest BCUT2D eigenvalue weighted by Crippen LogP contribution is 2.26. The number of nitrogens with zero attached hydrogens (tertiary/aromatic N) is 2. The number of aryl methyl sites for hydroxylation is 2. The first kappa shape index (κ1) is 13.0. The van der Waals surface area contributed by atoms with Gasteiger partial charge in [0.25, 0.3) is 5.91 Å². The van der Waals surface area contributed by atoms with E-state index in [-0.39, 0.29) is 5.91 Å². The minimum Gasteiger partial charge on any atom is -0.329 e. The molecule has 0 aliphatic carbocycles. The van der Waals surface area contributed by atoms with Crippen molar-refractivity contribution in [1.82, 2.24) is 14.8 Å². The van der Waals surface area contributed by atoms with Crippen molar-refractivity contribution >= 4 is 34.8 Å². The van der Waals surface area contributed by atoms with Crippen molar-refractivity contribution in [2.45, 2.75) is 13.8 Å². The molecule has 0 saturated heterocycles. The summed E-state index contributed by atoms with van der Waals surface area (Å²) in [5, 5.41) is 10.3. The van der Waals surface area contributed by atoms with Gasteiger partial charge in [0.05, 0.1) is 22.1 Å². The summed E-state index contributed by atoms with van der Waals surface area (Å²) in [5.41, 5.74) is 2.60. The quantitative estimate of drug-likeness (QED) is 0.892. The molecule has 96 valence electrons. The van der Waals surface area contributed by atoms with Crippen LogP contribution in [0.1, 0.15) is 21.9 Å². The molecular formula is C11H12Cl2N4O. The highest BCUT2D eigenvalue weighted by atomic mass is 35.5. The third-order valence-corrected chi connectivity index (χ3v) is 3.56. The Hall–Kier alpha value is -1.46. The first-order chi connectivity index (χ1) is 8.41. The number of halogens is 2. The SMILES string of the molecule is Cc1n[nH]c(C)c1NC(=O)c1cc(Cl)c(Cl)n1C. The van der Waals surface area contributed by atoms with Crippen LogP contribution in [0.5, 0.6) is 0 Å². The number of carbonyl (C=O) groups excluding carboxylic acids is 1. The van der Waals surface area contributed by atoms with Crippen LogP contribution in [0.15, 0.2) is 6.07 Å². The molecule has 18 heavy (non-hydrogen) atoms. The number of H-pyrrole nitrogens is 1. The first-order valence-corrected chi connectivity index (χ1v) is 6.01. The Balaban J connectivity index is 2.31. The van der Waals surface area contributed by atoms with Gasteiger partial charge in [-0.1, -0.05) is 23.2 Å². The molecule has 1 amide bonds. The molecule has 7 heteroatoms. The van der Waals surface area contributed by atoms with Gasteiger partial charge in [0.15, 0.2) is 0 Å². The zero-order valence-electron chi connectivity index (χ0n) is 10.1. The fraction of sp³-hybridized carbons (Fsp3) is 0.273. The van der Waals surface area contributed by atoms with E-state index in [1.165, 1.54) is 10.6 Å². The van der Waals surface area contributed by atoms with Crippen LogP contribution in [-0.4, -0.2) is 20.7 Å². The molecule has 0 spiro atoms. The molecule has 0 aromatic carbocycles. The molecule has 0 radical (unpaired) electrons. The molecule has 0 bridgehead atoms. The molecule has 2 heterocycles. The van der Waals surface area contributed by atoms with Crippen LogP contribution in [0, 0.1) is 13.8 Å². The molecule has 2 N–H and O–H groups in total. The summed E-state index contributed by atoms with van der Waals surface area (Å²) in [6.45, 7) is 3.64. The maximum Gasteiger partial charge on any atom is 0.272 e. The number of aromatic amines is 1. The summed E-state index contributed by atoms with van der Waals surface area (Å²) in [5.74, 6) is -0.279. The summed E-state index contributed by atoms with van der Waals surface area (Å²) in [6.07, 6.45) is 0. The van der Waals surface area contributed by atoms with E-state index >= 15 is 0 Å². The highest BCUT2D eigenvalue weighted by Gasteiger charge is 2.18. The number of hydrogen-bond acceptors (Lipinski definition) is 2. The van der Waals surface area contributed by atoms with Crippen LogP contribution in [-0.2, 0) is 7.05 Å². The number of anilines is 1. The van der Waals surface area contributed by atoms with Gasteiger partial charge < -0.3 is 9.88 Å². The van der Waals surface area contributed by atoms with Gasteiger partial charge in [0.1, 0.15) is 10.8 Å². The van der Waals surface area contributed by atoms with E-state index in [0.29, 0.717) is 21.6 Å². The Morgan fingerprint density at radius 1 is 1.44 bits per heavy atom. The topological polar surface area (TPSA) is 62.7 Å². The minimum atomic E-state index is -0.279. The highest BCUT2D eigenvalue weighted by molar-refractivity contribution is 6.42. The fourth-order valence-corrected chi connectivity index (χ4v) is 2.05. The van der Waals surface area contributed by atoms with Crippen molar-refractivity contribution in [3.8, 4) is 0 Å². The number of hydrogen-bond donors (Lipinski definition) is 2. The predicted octanol–water partition coefficient (Wildman–Crippen LogP) is 2.92. The van der Waals surface area contributed by atoms with Crippen LogP contribution in [0.25, 0.3) is 0 Å². The summed E-state index contributed by atoms with van der Waals surface area (Å²) >= 11 is 11.8. The van der Waals surface area contributed by atoms with Gasteiger partial charge in [-0.05, 0) is 19.9 Å². The van der Waals surface area contributed by atoms with E-state index in [9.17, 15) is 4.79 Å². The van der Waals surface area contributed by atoms with E-state index in [1.807, 2.05) is 13.8 Å². The lowest BCUT2D eigenvalue weighted by molar-refractivity contribution is 0.101. The summed E-state index contributed by atoms with van der Waals surface area (Å²) in [7, 11) is 1.68. The maximum absolute atomic E-state index is 12.1. The van der Waals surface area contributed by atoms with E-state index in [2.05, 4.69) is 15.5 Å². The molecule has 0 atom stereocenters. The molecule has 0 saturated carbocycles. The molecular weight excluding hydrogens is 275 g/mol. The van der Waals surface area contributed by atoms with Gasteiger partial charge in [0.2, 0.25) is 0 Å². The average Bonchev–Trinajstić information content (AvgIpc) is 2.77. The zero-order chi connectivity index (χ0) is 13.4. The van der Waals surface area contributed by atoms with Crippen LogP contribution < -0.4 is 5.32 Å². The summed E-state index contributed by atoms with van der Waals surface area (Å²) < 4.78 is 1.53. The van der Waals surface area contributed by atoms with Gasteiger partial charge in [-0.3, -0.25) is 9.89 Å². The molecule has 5 nitrogen and oxygen atoms in total. The van der Waals surface area contributed by atoms with Crippen molar-refractivity contribution in [2.24, 2.45) is 7.05 Å². The smallest absolute Gasteiger partial charge is 0.272 e. The van der Waals surface area contributed by atoms with Crippen LogP contribution in [0.4, 0.5) is 5.69 Å². The lowest BCUT2D eigenvalue weighted by Crippen LogP contribution is -2.16. The molecule has 2 rings (SSSR count). The van der Waals surface area contributed by atoms with Gasteiger partial charge in [-0.25, -0.2) is 0 Å². The van der Waals surface area contributed by atoms with E-state index in [4.69, 9.17) is 23.2 Å². The van der Waals surface area contributed by atoms with Gasteiger partial charge in [0, 0.05) is 7.05 Å². The number of rotatable bonds is 2. The predicted molar refractivity (Wildman–Crippen MR) is 71.4 cm³/mol. The Bertz CT molecular complexity index is 595. The second-order valence-electron chi connectivity index (χ2n) is 3.99. The molecule has 0 unspecified atom stereocenters. The van der Waals surface area contributed by atoms with Crippen molar-refractivity contribution in [3.63, 3.8) is 0 Å². The lowest BCUT2D eigenvalue weighted by Gasteiger charge is -2.06. The second-order valence-corrected chi connectivity index (χ2v) is 4.76. The van der Waals surface area contributed by atoms with Crippen LogP contribution >= 0.6 is 23.2 Å². The van der Waals surface area contributed by atoms with E-state index in [0.717, 1.165) is 11.4 Å². The van der Waals surface area contributed by atoms with Crippen molar-refractivity contribution in [2.75, 3.05) is 5.32 Å². The standard InChI is InChI=1S/C11H12Cl2N4O/c1-5-9(6(2)16-15-5)14-11(18)8-4-7(12)10(13)17(8)3/h4H,1-3H3,(H,14,18)(H,15,16). The van der Waals surface area contributed by atoms with Crippen molar-refractivity contribution < 1.29 is 4.79 Å². The Morgan fingerprint density at radius 2 is 2.11 bits per heavy atom. The third kappa shape index (κ3) is 2.11. The Morgan fingerprint density at radius 3 is 2.56 bits per heavy atom.